The van der Waals surface area contributed by atoms with E-state index < -0.39 is 0 Å². The number of amides is 1. The number of anilines is 2. The second kappa shape index (κ2) is 9.46. The van der Waals surface area contributed by atoms with Crippen LogP contribution in [0.2, 0.25) is 0 Å². The van der Waals surface area contributed by atoms with E-state index in [1.807, 2.05) is 24.6 Å². The van der Waals surface area contributed by atoms with E-state index in [0.29, 0.717) is 17.7 Å². The van der Waals surface area contributed by atoms with Crippen LogP contribution in [0.3, 0.4) is 0 Å². The van der Waals surface area contributed by atoms with Crippen LogP contribution in [0.15, 0.2) is 30.6 Å². The van der Waals surface area contributed by atoms with Crippen LogP contribution in [0, 0.1) is 26.6 Å². The lowest BCUT2D eigenvalue weighted by atomic mass is 10.1. The van der Waals surface area contributed by atoms with Gasteiger partial charge in [-0.25, -0.2) is 19.0 Å². The molecule has 1 amide bonds. The number of piperidine rings is 1. The fraction of sp³-hybridized carbons (Fsp3) is 0.417. The van der Waals surface area contributed by atoms with Crippen molar-refractivity contribution in [2.24, 2.45) is 0 Å². The highest BCUT2D eigenvalue weighted by atomic mass is 19.1. The highest BCUT2D eigenvalue weighted by molar-refractivity contribution is 5.90. The van der Waals surface area contributed by atoms with Gasteiger partial charge in [0.2, 0.25) is 5.91 Å². The molecule has 0 atom stereocenters. The number of aromatic nitrogens is 4. The molecule has 1 saturated heterocycles. The summed E-state index contributed by atoms with van der Waals surface area (Å²) in [4.78, 5) is 23.6. The Morgan fingerprint density at radius 2 is 1.81 bits per heavy atom. The quantitative estimate of drug-likeness (QED) is 0.624. The van der Waals surface area contributed by atoms with E-state index in [0.717, 1.165) is 41.7 Å². The Balaban J connectivity index is 1.46. The fourth-order valence-corrected chi connectivity index (χ4v) is 4.14. The van der Waals surface area contributed by atoms with Gasteiger partial charge in [-0.05, 0) is 69.7 Å². The summed E-state index contributed by atoms with van der Waals surface area (Å²) in [5, 5.41) is 7.45. The molecule has 2 aromatic heterocycles. The van der Waals surface area contributed by atoms with Crippen molar-refractivity contribution in [3.8, 4) is 5.82 Å². The number of hydrogen-bond acceptors (Lipinski definition) is 5. The SMILES string of the molecule is Cc1ccc(NC(=O)CCc2c(C)nn(-c3cc(N4CCCCC4)ncn3)c2C)cc1F. The van der Waals surface area contributed by atoms with E-state index in [9.17, 15) is 9.18 Å². The van der Waals surface area contributed by atoms with Crippen LogP contribution >= 0.6 is 0 Å². The molecule has 1 aliphatic rings. The molecule has 1 fully saturated rings. The predicted molar refractivity (Wildman–Crippen MR) is 123 cm³/mol. The molecule has 0 spiro atoms. The minimum Gasteiger partial charge on any atom is -0.356 e. The van der Waals surface area contributed by atoms with E-state index in [1.165, 1.54) is 25.3 Å². The highest BCUT2D eigenvalue weighted by Crippen LogP contribution is 2.22. The van der Waals surface area contributed by atoms with Gasteiger partial charge in [-0.1, -0.05) is 6.07 Å². The lowest BCUT2D eigenvalue weighted by Gasteiger charge is -2.27. The summed E-state index contributed by atoms with van der Waals surface area (Å²) < 4.78 is 15.5. The van der Waals surface area contributed by atoms with Gasteiger partial charge in [0.05, 0.1) is 5.69 Å². The molecule has 3 heterocycles. The van der Waals surface area contributed by atoms with Crippen molar-refractivity contribution >= 4 is 17.4 Å². The molecule has 8 heteroatoms. The van der Waals surface area contributed by atoms with Gasteiger partial charge in [-0.3, -0.25) is 4.79 Å². The molecular formula is C24H29FN6O. The zero-order valence-corrected chi connectivity index (χ0v) is 18.9. The van der Waals surface area contributed by atoms with E-state index in [4.69, 9.17) is 0 Å². The zero-order chi connectivity index (χ0) is 22.7. The van der Waals surface area contributed by atoms with Crippen molar-refractivity contribution in [3.05, 3.63) is 58.9 Å². The summed E-state index contributed by atoms with van der Waals surface area (Å²) in [6.45, 7) is 7.65. The fourth-order valence-electron chi connectivity index (χ4n) is 4.14. The van der Waals surface area contributed by atoms with E-state index in [1.54, 1.807) is 25.4 Å². The highest BCUT2D eigenvalue weighted by Gasteiger charge is 2.18. The minimum absolute atomic E-state index is 0.158. The Labute approximate surface area is 187 Å². The molecule has 32 heavy (non-hydrogen) atoms. The maximum Gasteiger partial charge on any atom is 0.224 e. The number of carbonyl (C=O) groups excluding carboxylic acids is 1. The van der Waals surface area contributed by atoms with Gasteiger partial charge in [-0.15, -0.1) is 0 Å². The van der Waals surface area contributed by atoms with Crippen molar-refractivity contribution in [2.45, 2.75) is 52.9 Å². The molecule has 0 unspecified atom stereocenters. The molecule has 1 aromatic carbocycles. The number of nitrogens with one attached hydrogen (secondary N) is 1. The summed E-state index contributed by atoms with van der Waals surface area (Å²) in [6.07, 6.45) is 6.04. The third-order valence-corrected chi connectivity index (χ3v) is 6.03. The monoisotopic (exact) mass is 436 g/mol. The number of rotatable bonds is 6. The van der Waals surface area contributed by atoms with Gasteiger partial charge in [0, 0.05) is 37.0 Å². The Hall–Kier alpha value is -3.29. The van der Waals surface area contributed by atoms with Crippen molar-refractivity contribution in [1.29, 1.82) is 0 Å². The molecule has 0 aliphatic carbocycles. The summed E-state index contributed by atoms with van der Waals surface area (Å²) in [5.74, 6) is 1.17. The van der Waals surface area contributed by atoms with E-state index >= 15 is 0 Å². The third kappa shape index (κ3) is 4.79. The van der Waals surface area contributed by atoms with Crippen LogP contribution in [0.4, 0.5) is 15.9 Å². The first kappa shape index (κ1) is 21.9. The largest absolute Gasteiger partial charge is 0.356 e. The van der Waals surface area contributed by atoms with Gasteiger partial charge < -0.3 is 10.2 Å². The summed E-state index contributed by atoms with van der Waals surface area (Å²) in [5.41, 5.74) is 3.87. The van der Waals surface area contributed by atoms with Crippen LogP contribution in [0.25, 0.3) is 5.82 Å². The Bertz CT molecular complexity index is 1120. The molecule has 0 radical (unpaired) electrons. The maximum absolute atomic E-state index is 13.7. The molecule has 168 valence electrons. The van der Waals surface area contributed by atoms with Crippen LogP contribution in [0.5, 0.6) is 0 Å². The molecule has 0 saturated carbocycles. The van der Waals surface area contributed by atoms with Crippen molar-refractivity contribution in [3.63, 3.8) is 0 Å². The van der Waals surface area contributed by atoms with Gasteiger partial charge in [0.15, 0.2) is 5.82 Å². The lowest BCUT2D eigenvalue weighted by Crippen LogP contribution is -2.30. The molecule has 3 aromatic rings. The Morgan fingerprint density at radius 3 is 2.56 bits per heavy atom. The van der Waals surface area contributed by atoms with Gasteiger partial charge in [0.1, 0.15) is 18.0 Å². The topological polar surface area (TPSA) is 75.9 Å². The van der Waals surface area contributed by atoms with Gasteiger partial charge >= 0.3 is 0 Å². The number of hydrogen-bond donors (Lipinski definition) is 1. The first-order valence-electron chi connectivity index (χ1n) is 11.1. The summed E-state index contributed by atoms with van der Waals surface area (Å²) in [7, 11) is 0. The standard InChI is InChI=1S/C24H29FN6O/c1-16-7-8-19(13-21(16)25)28-24(32)10-9-20-17(2)29-31(18(20)3)23-14-22(26-15-27-23)30-11-5-4-6-12-30/h7-8,13-15H,4-6,9-12H2,1-3H3,(H,28,32). The second-order valence-electron chi connectivity index (χ2n) is 8.36. The minimum atomic E-state index is -0.329. The summed E-state index contributed by atoms with van der Waals surface area (Å²) >= 11 is 0. The van der Waals surface area contributed by atoms with E-state index in [-0.39, 0.29) is 18.1 Å². The normalized spacial score (nSPS) is 13.9. The zero-order valence-electron chi connectivity index (χ0n) is 18.9. The first-order chi connectivity index (χ1) is 15.4. The number of nitrogens with zero attached hydrogens (tertiary/aromatic N) is 5. The van der Waals surface area contributed by atoms with Crippen LogP contribution in [-0.2, 0) is 11.2 Å². The van der Waals surface area contributed by atoms with Gasteiger partial charge in [0.25, 0.3) is 0 Å². The number of aryl methyl sites for hydroxylation is 2. The lowest BCUT2D eigenvalue weighted by molar-refractivity contribution is -0.116. The number of halogens is 1. The predicted octanol–water partition coefficient (Wildman–Crippen LogP) is 4.29. The van der Waals surface area contributed by atoms with Crippen LogP contribution < -0.4 is 10.2 Å². The number of carbonyl (C=O) groups is 1. The van der Waals surface area contributed by atoms with Crippen LogP contribution in [-0.4, -0.2) is 38.7 Å². The molecular weight excluding hydrogens is 407 g/mol. The Morgan fingerprint density at radius 1 is 1.06 bits per heavy atom. The molecule has 1 aliphatic heterocycles. The third-order valence-electron chi connectivity index (χ3n) is 6.03. The van der Waals surface area contributed by atoms with E-state index in [2.05, 4.69) is 25.3 Å². The molecule has 0 bridgehead atoms. The Kier molecular flexibility index (Phi) is 6.48. The van der Waals surface area contributed by atoms with Gasteiger partial charge in [-0.2, -0.15) is 5.10 Å². The molecule has 1 N–H and O–H groups in total. The smallest absolute Gasteiger partial charge is 0.224 e. The van der Waals surface area contributed by atoms with Crippen molar-refractivity contribution in [2.75, 3.05) is 23.3 Å². The van der Waals surface area contributed by atoms with Crippen LogP contribution in [0.1, 0.15) is 48.2 Å². The molecule has 4 rings (SSSR count). The summed E-state index contributed by atoms with van der Waals surface area (Å²) in [6, 6.07) is 6.69. The average molecular weight is 437 g/mol. The first-order valence-corrected chi connectivity index (χ1v) is 11.1. The number of benzene rings is 1. The average Bonchev–Trinajstić information content (AvgIpc) is 3.09. The maximum atomic E-state index is 13.7. The van der Waals surface area contributed by atoms with Crippen molar-refractivity contribution in [1.82, 2.24) is 19.7 Å². The molecule has 7 nitrogen and oxygen atoms in total. The van der Waals surface area contributed by atoms with Crippen molar-refractivity contribution < 1.29 is 9.18 Å². The second-order valence-corrected chi connectivity index (χ2v) is 8.36.